The molecule has 3 aromatic carbocycles. The second kappa shape index (κ2) is 9.74. The van der Waals surface area contributed by atoms with E-state index in [2.05, 4.69) is 82.0 Å². The van der Waals surface area contributed by atoms with E-state index in [-0.39, 0.29) is 5.78 Å². The van der Waals surface area contributed by atoms with E-state index in [1.54, 1.807) is 0 Å². The van der Waals surface area contributed by atoms with Gasteiger partial charge in [0, 0.05) is 50.2 Å². The number of carbonyl (C=O) groups is 1. The Morgan fingerprint density at radius 3 is 2.06 bits per heavy atom. The van der Waals surface area contributed by atoms with Crippen molar-refractivity contribution in [3.05, 3.63) is 96.1 Å². The lowest BCUT2D eigenvalue weighted by atomic mass is 10.0. The zero-order valence-electron chi connectivity index (χ0n) is 19.3. The standard InChI is InChI=1S/C29H31N3O/c1-2-32-26-16-10-9-15-25(26)28(29(32)24-13-7-4-8-14-24)27(33)22-31-19-17-30(18-20-31)21-23-11-5-3-6-12-23/h3-16H,2,17-22H2,1H3. The van der Waals surface area contributed by atoms with Gasteiger partial charge in [-0.25, -0.2) is 0 Å². The summed E-state index contributed by atoms with van der Waals surface area (Å²) in [7, 11) is 0. The first kappa shape index (κ1) is 21.6. The summed E-state index contributed by atoms with van der Waals surface area (Å²) in [5.41, 5.74) is 5.50. The number of piperazine rings is 1. The molecule has 0 amide bonds. The third kappa shape index (κ3) is 4.50. The highest BCUT2D eigenvalue weighted by Gasteiger charge is 2.26. The van der Waals surface area contributed by atoms with Gasteiger partial charge in [0.05, 0.1) is 17.8 Å². The SMILES string of the molecule is CCn1c(-c2ccccc2)c(C(=O)CN2CCN(Cc3ccccc3)CC2)c2ccccc21. The third-order valence-corrected chi connectivity index (χ3v) is 6.69. The highest BCUT2D eigenvalue weighted by Crippen LogP contribution is 2.34. The number of fused-ring (bicyclic) bond motifs is 1. The van der Waals surface area contributed by atoms with Crippen LogP contribution in [0.15, 0.2) is 84.9 Å². The molecular formula is C29H31N3O. The second-order valence-corrected chi connectivity index (χ2v) is 8.81. The van der Waals surface area contributed by atoms with Gasteiger partial charge in [0.1, 0.15) is 0 Å². The summed E-state index contributed by atoms with van der Waals surface area (Å²) in [4.78, 5) is 18.6. The number of rotatable bonds is 7. The summed E-state index contributed by atoms with van der Waals surface area (Å²) >= 11 is 0. The number of carbonyl (C=O) groups excluding carboxylic acids is 1. The summed E-state index contributed by atoms with van der Waals surface area (Å²) in [5.74, 6) is 0.216. The molecule has 4 nitrogen and oxygen atoms in total. The molecule has 5 rings (SSSR count). The van der Waals surface area contributed by atoms with E-state index < -0.39 is 0 Å². The zero-order chi connectivity index (χ0) is 22.6. The predicted octanol–water partition coefficient (Wildman–Crippen LogP) is 5.33. The van der Waals surface area contributed by atoms with E-state index in [1.165, 1.54) is 5.56 Å². The van der Waals surface area contributed by atoms with Crippen molar-refractivity contribution < 1.29 is 4.79 Å². The molecule has 0 bridgehead atoms. The first-order chi connectivity index (χ1) is 16.2. The van der Waals surface area contributed by atoms with Crippen molar-refractivity contribution in [3.63, 3.8) is 0 Å². The van der Waals surface area contributed by atoms with E-state index in [1.807, 2.05) is 24.3 Å². The Labute approximate surface area is 196 Å². The van der Waals surface area contributed by atoms with Crippen molar-refractivity contribution in [2.45, 2.75) is 20.0 Å². The normalized spacial score (nSPS) is 15.2. The molecule has 0 saturated carbocycles. The first-order valence-electron chi connectivity index (χ1n) is 11.9. The molecule has 33 heavy (non-hydrogen) atoms. The Morgan fingerprint density at radius 1 is 0.758 bits per heavy atom. The van der Waals surface area contributed by atoms with Crippen LogP contribution in [0.3, 0.4) is 0 Å². The van der Waals surface area contributed by atoms with E-state index >= 15 is 0 Å². The maximum atomic E-state index is 13.8. The monoisotopic (exact) mass is 437 g/mol. The molecule has 0 aliphatic carbocycles. The van der Waals surface area contributed by atoms with E-state index in [4.69, 9.17) is 0 Å². The smallest absolute Gasteiger partial charge is 0.179 e. The number of nitrogens with zero attached hydrogens (tertiary/aromatic N) is 3. The molecular weight excluding hydrogens is 406 g/mol. The highest BCUT2D eigenvalue weighted by molar-refractivity contribution is 6.14. The number of para-hydroxylation sites is 1. The van der Waals surface area contributed by atoms with Gasteiger partial charge in [-0.05, 0) is 24.1 Å². The van der Waals surface area contributed by atoms with Gasteiger partial charge in [0.15, 0.2) is 5.78 Å². The third-order valence-electron chi connectivity index (χ3n) is 6.69. The lowest BCUT2D eigenvalue weighted by Crippen LogP contribution is -2.47. The molecule has 1 aliphatic rings. The Bertz CT molecular complexity index is 1220. The Morgan fingerprint density at radius 2 is 1.36 bits per heavy atom. The van der Waals surface area contributed by atoms with Crippen LogP contribution in [0.4, 0.5) is 0 Å². The molecule has 0 atom stereocenters. The fraction of sp³-hybridized carbons (Fsp3) is 0.276. The number of aromatic nitrogens is 1. The molecule has 4 heteroatoms. The van der Waals surface area contributed by atoms with Crippen LogP contribution in [-0.2, 0) is 13.1 Å². The topological polar surface area (TPSA) is 28.5 Å². The second-order valence-electron chi connectivity index (χ2n) is 8.81. The van der Waals surface area contributed by atoms with Crippen molar-refractivity contribution in [2.75, 3.05) is 32.7 Å². The number of hydrogen-bond acceptors (Lipinski definition) is 3. The van der Waals surface area contributed by atoms with Gasteiger partial charge in [0.25, 0.3) is 0 Å². The number of ketones is 1. The summed E-state index contributed by atoms with van der Waals surface area (Å²) in [5, 5.41) is 1.06. The van der Waals surface area contributed by atoms with Crippen LogP contribution in [0.2, 0.25) is 0 Å². The molecule has 168 valence electrons. The molecule has 0 spiro atoms. The summed E-state index contributed by atoms with van der Waals surface area (Å²) in [6.45, 7) is 8.25. The van der Waals surface area contributed by atoms with Crippen molar-refractivity contribution >= 4 is 16.7 Å². The van der Waals surface area contributed by atoms with E-state index in [0.717, 1.165) is 67.0 Å². The fourth-order valence-electron chi connectivity index (χ4n) is 5.04. The molecule has 0 N–H and O–H groups in total. The van der Waals surface area contributed by atoms with Gasteiger partial charge < -0.3 is 4.57 Å². The minimum absolute atomic E-state index is 0.216. The molecule has 0 unspecified atom stereocenters. The molecule has 1 saturated heterocycles. The largest absolute Gasteiger partial charge is 0.340 e. The number of Topliss-reactive ketones (excluding diaryl/α,β-unsaturated/α-hetero) is 1. The molecule has 2 heterocycles. The molecule has 1 aliphatic heterocycles. The number of aryl methyl sites for hydroxylation is 1. The van der Waals surface area contributed by atoms with Crippen LogP contribution in [-0.4, -0.2) is 52.9 Å². The maximum Gasteiger partial charge on any atom is 0.179 e. The highest BCUT2D eigenvalue weighted by atomic mass is 16.1. The Hall–Kier alpha value is -3.21. The predicted molar refractivity (Wildman–Crippen MR) is 136 cm³/mol. The summed E-state index contributed by atoms with van der Waals surface area (Å²) < 4.78 is 2.29. The Balaban J connectivity index is 1.37. The minimum Gasteiger partial charge on any atom is -0.340 e. The summed E-state index contributed by atoms with van der Waals surface area (Å²) in [6, 6.07) is 29.3. The van der Waals surface area contributed by atoms with Crippen LogP contribution >= 0.6 is 0 Å². The van der Waals surface area contributed by atoms with Crippen molar-refractivity contribution in [1.29, 1.82) is 0 Å². The van der Waals surface area contributed by atoms with Crippen LogP contribution in [0.25, 0.3) is 22.2 Å². The average molecular weight is 438 g/mol. The quantitative estimate of drug-likeness (QED) is 0.366. The molecule has 1 fully saturated rings. The van der Waals surface area contributed by atoms with Gasteiger partial charge in [0.2, 0.25) is 0 Å². The van der Waals surface area contributed by atoms with Gasteiger partial charge in [-0.2, -0.15) is 0 Å². The molecule has 0 radical (unpaired) electrons. The maximum absolute atomic E-state index is 13.8. The lowest BCUT2D eigenvalue weighted by molar-refractivity contribution is 0.0845. The van der Waals surface area contributed by atoms with Crippen LogP contribution in [0, 0.1) is 0 Å². The number of benzene rings is 3. The first-order valence-corrected chi connectivity index (χ1v) is 11.9. The lowest BCUT2D eigenvalue weighted by Gasteiger charge is -2.34. The van der Waals surface area contributed by atoms with Gasteiger partial charge in [-0.3, -0.25) is 14.6 Å². The molecule has 4 aromatic rings. The van der Waals surface area contributed by atoms with Crippen molar-refractivity contribution in [3.8, 4) is 11.3 Å². The minimum atomic E-state index is 0.216. The fourth-order valence-corrected chi connectivity index (χ4v) is 5.04. The van der Waals surface area contributed by atoms with Crippen molar-refractivity contribution in [1.82, 2.24) is 14.4 Å². The van der Waals surface area contributed by atoms with Crippen LogP contribution in [0.5, 0.6) is 0 Å². The van der Waals surface area contributed by atoms with Crippen LogP contribution < -0.4 is 0 Å². The van der Waals surface area contributed by atoms with Gasteiger partial charge in [-0.1, -0.05) is 78.9 Å². The summed E-state index contributed by atoms with van der Waals surface area (Å²) in [6.07, 6.45) is 0. The average Bonchev–Trinajstić information content (AvgIpc) is 3.21. The number of hydrogen-bond donors (Lipinski definition) is 0. The van der Waals surface area contributed by atoms with Crippen LogP contribution in [0.1, 0.15) is 22.8 Å². The Kier molecular flexibility index (Phi) is 6.38. The molecule has 1 aromatic heterocycles. The van der Waals surface area contributed by atoms with E-state index in [0.29, 0.717) is 6.54 Å². The van der Waals surface area contributed by atoms with E-state index in [9.17, 15) is 4.79 Å². The van der Waals surface area contributed by atoms with Crippen molar-refractivity contribution in [2.24, 2.45) is 0 Å². The zero-order valence-corrected chi connectivity index (χ0v) is 19.3. The van der Waals surface area contributed by atoms with Gasteiger partial charge >= 0.3 is 0 Å². The van der Waals surface area contributed by atoms with Gasteiger partial charge in [-0.15, -0.1) is 0 Å².